The summed E-state index contributed by atoms with van der Waals surface area (Å²) in [5.41, 5.74) is 1.10. The molecule has 0 aliphatic carbocycles. The lowest BCUT2D eigenvalue weighted by atomic mass is 10.1. The van der Waals surface area contributed by atoms with E-state index in [4.69, 9.17) is 0 Å². The van der Waals surface area contributed by atoms with Gasteiger partial charge in [-0.15, -0.1) is 0 Å². The van der Waals surface area contributed by atoms with E-state index in [1.807, 2.05) is 24.3 Å². The third-order valence-corrected chi connectivity index (χ3v) is 3.17. The molecule has 4 nitrogen and oxygen atoms in total. The van der Waals surface area contributed by atoms with Gasteiger partial charge in [0, 0.05) is 4.47 Å². The fourth-order valence-corrected chi connectivity index (χ4v) is 1.89. The van der Waals surface area contributed by atoms with Gasteiger partial charge in [0.2, 0.25) is 5.91 Å². The molecule has 17 heavy (non-hydrogen) atoms. The summed E-state index contributed by atoms with van der Waals surface area (Å²) in [6, 6.07) is 6.99. The summed E-state index contributed by atoms with van der Waals surface area (Å²) in [4.78, 5) is 23.1. The lowest BCUT2D eigenvalue weighted by Gasteiger charge is -2.22. The van der Waals surface area contributed by atoms with Crippen LogP contribution in [0.5, 0.6) is 0 Å². The highest BCUT2D eigenvalue weighted by Gasteiger charge is 2.25. The van der Waals surface area contributed by atoms with Crippen molar-refractivity contribution >= 4 is 33.8 Å². The SMILES string of the molecule is C[C@H]1NC(=O)/C(=C/c2ccccc2Br)NC1=O. The van der Waals surface area contributed by atoms with Gasteiger partial charge in [-0.25, -0.2) is 0 Å². The van der Waals surface area contributed by atoms with Crippen LogP contribution in [0.25, 0.3) is 6.08 Å². The molecular weight excluding hydrogens is 284 g/mol. The van der Waals surface area contributed by atoms with Crippen molar-refractivity contribution in [3.63, 3.8) is 0 Å². The summed E-state index contributed by atoms with van der Waals surface area (Å²) in [7, 11) is 0. The number of hydrogen-bond donors (Lipinski definition) is 2. The minimum absolute atomic E-state index is 0.206. The van der Waals surface area contributed by atoms with Crippen LogP contribution in [0.4, 0.5) is 0 Å². The Hall–Kier alpha value is -1.62. The molecule has 1 saturated heterocycles. The zero-order valence-electron chi connectivity index (χ0n) is 9.16. The molecule has 0 aromatic heterocycles. The van der Waals surface area contributed by atoms with Gasteiger partial charge in [0.25, 0.3) is 5.91 Å². The average Bonchev–Trinajstić information content (AvgIpc) is 2.29. The number of nitrogens with one attached hydrogen (secondary N) is 2. The lowest BCUT2D eigenvalue weighted by molar-refractivity contribution is -0.130. The molecule has 0 bridgehead atoms. The van der Waals surface area contributed by atoms with Crippen molar-refractivity contribution in [2.24, 2.45) is 0 Å². The first-order chi connectivity index (χ1) is 8.08. The number of amides is 2. The molecule has 0 unspecified atom stereocenters. The maximum atomic E-state index is 11.7. The minimum Gasteiger partial charge on any atom is -0.339 e. The molecule has 5 heteroatoms. The molecule has 1 aliphatic rings. The van der Waals surface area contributed by atoms with Crippen LogP contribution in [0.1, 0.15) is 12.5 Å². The lowest BCUT2D eigenvalue weighted by Crippen LogP contribution is -2.53. The Kier molecular flexibility index (Phi) is 3.28. The topological polar surface area (TPSA) is 58.2 Å². The van der Waals surface area contributed by atoms with Gasteiger partial charge in [-0.1, -0.05) is 34.1 Å². The van der Waals surface area contributed by atoms with Crippen molar-refractivity contribution in [2.75, 3.05) is 0 Å². The highest BCUT2D eigenvalue weighted by atomic mass is 79.9. The molecule has 2 amide bonds. The number of carbonyl (C=O) groups is 2. The Morgan fingerprint density at radius 3 is 2.71 bits per heavy atom. The third kappa shape index (κ3) is 2.55. The number of rotatable bonds is 1. The van der Waals surface area contributed by atoms with Gasteiger partial charge in [-0.3, -0.25) is 9.59 Å². The fraction of sp³-hybridized carbons (Fsp3) is 0.167. The summed E-state index contributed by atoms with van der Waals surface area (Å²) < 4.78 is 0.869. The minimum atomic E-state index is -0.487. The van der Waals surface area contributed by atoms with E-state index in [-0.39, 0.29) is 17.5 Å². The number of piperazine rings is 1. The smallest absolute Gasteiger partial charge is 0.268 e. The normalized spacial score (nSPS) is 22.2. The van der Waals surface area contributed by atoms with Crippen molar-refractivity contribution in [1.82, 2.24) is 10.6 Å². The van der Waals surface area contributed by atoms with Gasteiger partial charge >= 0.3 is 0 Å². The van der Waals surface area contributed by atoms with Gasteiger partial charge in [0.15, 0.2) is 0 Å². The van der Waals surface area contributed by atoms with Crippen LogP contribution < -0.4 is 10.6 Å². The Morgan fingerprint density at radius 2 is 2.00 bits per heavy atom. The summed E-state index contributed by atoms with van der Waals surface area (Å²) in [5, 5.41) is 5.17. The van der Waals surface area contributed by atoms with Crippen LogP contribution >= 0.6 is 15.9 Å². The highest BCUT2D eigenvalue weighted by molar-refractivity contribution is 9.10. The number of benzene rings is 1. The molecule has 1 aromatic carbocycles. The maximum absolute atomic E-state index is 11.7. The zero-order chi connectivity index (χ0) is 12.4. The third-order valence-electron chi connectivity index (χ3n) is 2.45. The summed E-state index contributed by atoms with van der Waals surface area (Å²) in [5.74, 6) is -0.476. The molecule has 2 N–H and O–H groups in total. The van der Waals surface area contributed by atoms with E-state index in [2.05, 4.69) is 26.6 Å². The Labute approximate surface area is 107 Å². The molecule has 0 spiro atoms. The van der Waals surface area contributed by atoms with Crippen LogP contribution in [0.2, 0.25) is 0 Å². The van der Waals surface area contributed by atoms with Crippen LogP contribution in [0.15, 0.2) is 34.4 Å². The van der Waals surface area contributed by atoms with Crippen molar-refractivity contribution in [1.29, 1.82) is 0 Å². The van der Waals surface area contributed by atoms with Crippen LogP contribution in [0.3, 0.4) is 0 Å². The van der Waals surface area contributed by atoms with Gasteiger partial charge in [0.05, 0.1) is 0 Å². The van der Waals surface area contributed by atoms with Crippen molar-refractivity contribution in [2.45, 2.75) is 13.0 Å². The second-order valence-corrected chi connectivity index (χ2v) is 4.62. The first-order valence-corrected chi connectivity index (χ1v) is 5.95. The first-order valence-electron chi connectivity index (χ1n) is 5.16. The standard InChI is InChI=1S/C12H11BrN2O2/c1-7-11(16)15-10(12(17)14-7)6-8-4-2-3-5-9(8)13/h2-7H,1H3,(H,14,17)(H,15,16)/b10-6-/t7-/m1/s1. The van der Waals surface area contributed by atoms with Crippen molar-refractivity contribution in [3.05, 3.63) is 40.0 Å². The molecule has 88 valence electrons. The zero-order valence-corrected chi connectivity index (χ0v) is 10.7. The number of carbonyl (C=O) groups excluding carboxylic acids is 2. The number of halogens is 1. The van der Waals surface area contributed by atoms with E-state index in [1.165, 1.54) is 0 Å². The van der Waals surface area contributed by atoms with Gasteiger partial charge < -0.3 is 10.6 Å². The van der Waals surface area contributed by atoms with Crippen LogP contribution in [0, 0.1) is 0 Å². The van der Waals surface area contributed by atoms with Crippen molar-refractivity contribution in [3.8, 4) is 0 Å². The summed E-state index contributed by atoms with van der Waals surface area (Å²) in [6.45, 7) is 1.64. The Balaban J connectivity index is 2.31. The van der Waals surface area contributed by atoms with Crippen LogP contribution in [-0.4, -0.2) is 17.9 Å². The Bertz CT molecular complexity index is 511. The van der Waals surface area contributed by atoms with E-state index in [1.54, 1.807) is 13.0 Å². The monoisotopic (exact) mass is 294 g/mol. The predicted molar refractivity (Wildman–Crippen MR) is 67.9 cm³/mol. The molecule has 0 saturated carbocycles. The molecule has 1 aromatic rings. The summed E-state index contributed by atoms with van der Waals surface area (Å²) in [6.07, 6.45) is 1.64. The quantitative estimate of drug-likeness (QED) is 0.770. The predicted octanol–water partition coefficient (Wildman–Crippen LogP) is 1.42. The van der Waals surface area contributed by atoms with Crippen LogP contribution in [-0.2, 0) is 9.59 Å². The van der Waals surface area contributed by atoms with Gasteiger partial charge in [-0.05, 0) is 24.6 Å². The van der Waals surface area contributed by atoms with Crippen molar-refractivity contribution < 1.29 is 9.59 Å². The maximum Gasteiger partial charge on any atom is 0.268 e. The molecule has 2 rings (SSSR count). The second-order valence-electron chi connectivity index (χ2n) is 3.76. The molecule has 1 atom stereocenters. The van der Waals surface area contributed by atoms with E-state index in [0.717, 1.165) is 10.0 Å². The fourth-order valence-electron chi connectivity index (χ4n) is 1.49. The van der Waals surface area contributed by atoms with Gasteiger partial charge in [-0.2, -0.15) is 0 Å². The molecule has 1 aliphatic heterocycles. The van der Waals surface area contributed by atoms with E-state index in [0.29, 0.717) is 0 Å². The first kappa shape index (κ1) is 11.9. The Morgan fingerprint density at radius 1 is 1.29 bits per heavy atom. The van der Waals surface area contributed by atoms with E-state index < -0.39 is 6.04 Å². The molecule has 1 heterocycles. The summed E-state index contributed by atoms with van der Waals surface area (Å²) >= 11 is 3.38. The van der Waals surface area contributed by atoms with E-state index in [9.17, 15) is 9.59 Å². The second kappa shape index (κ2) is 4.71. The number of hydrogen-bond acceptors (Lipinski definition) is 2. The van der Waals surface area contributed by atoms with Gasteiger partial charge in [0.1, 0.15) is 11.7 Å². The largest absolute Gasteiger partial charge is 0.339 e. The molecular formula is C12H11BrN2O2. The molecule has 1 fully saturated rings. The highest BCUT2D eigenvalue weighted by Crippen LogP contribution is 2.19. The molecule has 0 radical (unpaired) electrons. The average molecular weight is 295 g/mol. The van der Waals surface area contributed by atoms with E-state index >= 15 is 0 Å².